The molecule has 4 aromatic carbocycles. The summed E-state index contributed by atoms with van der Waals surface area (Å²) < 4.78 is 93.3. The number of carbonyl (C=O) groups is 2. The predicted molar refractivity (Wildman–Crippen MR) is 320 cm³/mol. The first-order chi connectivity index (χ1) is 39.0. The second-order valence-electron chi connectivity index (χ2n) is 20.5. The van der Waals surface area contributed by atoms with Crippen LogP contribution in [0, 0.1) is 27.7 Å². The van der Waals surface area contributed by atoms with Gasteiger partial charge in [-0.15, -0.1) is 0 Å². The zero-order chi connectivity index (χ0) is 59.7. The van der Waals surface area contributed by atoms with Crippen molar-refractivity contribution in [2.45, 2.75) is 87.5 Å². The van der Waals surface area contributed by atoms with Crippen LogP contribution in [-0.4, -0.2) is 171 Å². The van der Waals surface area contributed by atoms with Crippen molar-refractivity contribution in [2.75, 3.05) is 120 Å². The predicted octanol–water partition coefficient (Wildman–Crippen LogP) is 7.45. The Morgan fingerprint density at radius 2 is 0.793 bits per heavy atom. The fourth-order valence-corrected chi connectivity index (χ4v) is 13.3. The highest BCUT2D eigenvalue weighted by molar-refractivity contribution is 7.89. The first kappa shape index (κ1) is 66.9. The summed E-state index contributed by atoms with van der Waals surface area (Å²) in [5.74, 6) is 1.21. The van der Waals surface area contributed by atoms with Gasteiger partial charge in [0, 0.05) is 70.5 Å². The van der Waals surface area contributed by atoms with E-state index in [0.717, 1.165) is 22.3 Å². The number of halogens is 4. The molecule has 20 nitrogen and oxygen atoms in total. The van der Waals surface area contributed by atoms with Gasteiger partial charge in [-0.3, -0.25) is 0 Å². The van der Waals surface area contributed by atoms with Crippen molar-refractivity contribution in [3.8, 4) is 11.5 Å². The molecule has 6 N–H and O–H groups in total. The lowest BCUT2D eigenvalue weighted by Gasteiger charge is -2.29. The highest BCUT2D eigenvalue weighted by Crippen LogP contribution is 2.45. The van der Waals surface area contributed by atoms with Gasteiger partial charge < -0.3 is 59.5 Å². The van der Waals surface area contributed by atoms with E-state index in [1.54, 1.807) is 36.4 Å². The molecular formula is C56H78Cl4N8O12S2. The van der Waals surface area contributed by atoms with Crippen molar-refractivity contribution in [3.05, 3.63) is 113 Å². The Kier molecular flexibility index (Phi) is 25.9. The Morgan fingerprint density at radius 3 is 1.12 bits per heavy atom. The summed E-state index contributed by atoms with van der Waals surface area (Å²) >= 11 is 25.8. The fourth-order valence-electron chi connectivity index (χ4n) is 9.74. The second-order valence-corrected chi connectivity index (χ2v) is 25.8. The van der Waals surface area contributed by atoms with Gasteiger partial charge >= 0.3 is 12.1 Å². The van der Waals surface area contributed by atoms with Crippen LogP contribution < -0.4 is 40.2 Å². The number of nitrogens with zero attached hydrogens (tertiary/aromatic N) is 2. The van der Waals surface area contributed by atoms with E-state index in [1.165, 1.54) is 0 Å². The third-order valence-corrected chi connectivity index (χ3v) is 17.9. The van der Waals surface area contributed by atoms with Crippen LogP contribution in [-0.2, 0) is 51.8 Å². The van der Waals surface area contributed by atoms with E-state index in [0.29, 0.717) is 92.6 Å². The number of benzene rings is 4. The lowest BCUT2D eigenvalue weighted by molar-refractivity contribution is 0.0516. The van der Waals surface area contributed by atoms with Crippen LogP contribution >= 0.6 is 46.4 Å². The lowest BCUT2D eigenvalue weighted by Crippen LogP contribution is -2.39. The zero-order valence-electron chi connectivity index (χ0n) is 47.8. The summed E-state index contributed by atoms with van der Waals surface area (Å²) in [5, 5.41) is 13.2. The summed E-state index contributed by atoms with van der Waals surface area (Å²) in [6.45, 7) is 10.6. The number of unbranched alkanes of at least 4 members (excludes halogenated alkanes) is 1. The maximum absolute atomic E-state index is 13.2. The molecule has 26 heteroatoms. The smallest absolute Gasteiger partial charge is 0.314 e. The number of aryl methyl sites for hydroxylation is 4. The van der Waals surface area contributed by atoms with Gasteiger partial charge in [0.2, 0.25) is 20.0 Å². The fraction of sp³-hybridized carbons (Fsp3) is 0.536. The van der Waals surface area contributed by atoms with Crippen molar-refractivity contribution in [3.63, 3.8) is 0 Å². The van der Waals surface area contributed by atoms with Crippen molar-refractivity contribution in [2.24, 2.45) is 0 Å². The Hall–Kier alpha value is -4.24. The third-order valence-electron chi connectivity index (χ3n) is 13.9. The van der Waals surface area contributed by atoms with Crippen LogP contribution in [0.2, 0.25) is 20.1 Å². The van der Waals surface area contributed by atoms with Gasteiger partial charge in [-0.25, -0.2) is 35.9 Å². The van der Waals surface area contributed by atoms with E-state index in [2.05, 4.69) is 40.5 Å². The molecule has 0 saturated carbocycles. The molecule has 0 aromatic heterocycles. The lowest BCUT2D eigenvalue weighted by atomic mass is 10.1. The van der Waals surface area contributed by atoms with Crippen molar-refractivity contribution in [1.29, 1.82) is 0 Å². The number of amides is 4. The maximum Gasteiger partial charge on any atom is 0.314 e. The number of hydrogen-bond donors (Lipinski definition) is 6. The minimum atomic E-state index is -3.83. The van der Waals surface area contributed by atoms with E-state index in [4.69, 9.17) is 74.8 Å². The third kappa shape index (κ3) is 19.1. The normalized spacial score (nSPS) is 16.8. The summed E-state index contributed by atoms with van der Waals surface area (Å²) in [5.41, 5.74) is 6.54. The topological polar surface area (TPSA) is 236 Å². The number of hydrogen-bond acceptors (Lipinski definition) is 14. The average molecular weight is 1260 g/mol. The maximum atomic E-state index is 13.2. The van der Waals surface area contributed by atoms with E-state index in [9.17, 15) is 26.4 Å². The number of urea groups is 2. The Balaban J connectivity index is 0.722. The summed E-state index contributed by atoms with van der Waals surface area (Å²) in [4.78, 5) is 28.7. The summed E-state index contributed by atoms with van der Waals surface area (Å²) in [7, 11) is 0.267. The monoisotopic (exact) mass is 1260 g/mol. The summed E-state index contributed by atoms with van der Waals surface area (Å²) in [6, 6.07) is 12.9. The van der Waals surface area contributed by atoms with E-state index < -0.39 is 20.0 Å². The molecule has 6 rings (SSSR count). The van der Waals surface area contributed by atoms with E-state index >= 15 is 0 Å². The number of likely N-dealkylation sites (N-methyl/N-ethyl adjacent to an activating group) is 2. The van der Waals surface area contributed by atoms with Crippen molar-refractivity contribution >= 4 is 78.5 Å². The zero-order valence-corrected chi connectivity index (χ0v) is 52.4. The first-order valence-electron chi connectivity index (χ1n) is 27.1. The Bertz CT molecular complexity index is 2800. The van der Waals surface area contributed by atoms with Gasteiger partial charge in [0.1, 0.15) is 23.7 Å². The van der Waals surface area contributed by atoms with Gasteiger partial charge in [-0.1, -0.05) is 46.4 Å². The first-order valence-corrected chi connectivity index (χ1v) is 31.6. The molecule has 0 bridgehead atoms. The molecule has 2 aliphatic carbocycles. The Labute approximate surface area is 503 Å². The van der Waals surface area contributed by atoms with Crippen LogP contribution in [0.5, 0.6) is 11.5 Å². The molecule has 0 spiro atoms. The van der Waals surface area contributed by atoms with E-state index in [-0.39, 0.29) is 125 Å². The minimum Gasteiger partial charge on any atom is -0.484 e. The molecule has 4 amide bonds. The number of carbonyl (C=O) groups excluding carboxylic acids is 2. The van der Waals surface area contributed by atoms with E-state index in [1.807, 2.05) is 68.0 Å². The molecule has 4 atom stereocenters. The SMILES string of the molecule is Cc1cc(S(=O)(=O)NCCOCCOCCNC(=O)NCCCCNC(=O)NCCOCCOCCNS(=O)(=O)c2cc(C)c(O[C@H]3c4cc(Cl)cc(Cl)c4C[C@@H]3N(C)C)c(C)c2)cc(C)c1O[C@H]1c2cc(Cl)cc(Cl)c2C[C@@H]1N(C)C. The molecule has 0 unspecified atom stereocenters. The number of fused-ring (bicyclic) bond motifs is 2. The van der Waals surface area contributed by atoms with Gasteiger partial charge in [0.15, 0.2) is 0 Å². The van der Waals surface area contributed by atoms with Gasteiger partial charge in [-0.2, -0.15) is 0 Å². The van der Waals surface area contributed by atoms with Gasteiger partial charge in [-0.05, 0) is 163 Å². The number of nitrogens with one attached hydrogen (secondary N) is 6. The largest absolute Gasteiger partial charge is 0.484 e. The minimum absolute atomic E-state index is 0.00717. The summed E-state index contributed by atoms with van der Waals surface area (Å²) in [6.07, 6.45) is 1.99. The highest BCUT2D eigenvalue weighted by Gasteiger charge is 2.39. The molecule has 2 aliphatic rings. The number of rotatable bonds is 33. The van der Waals surface area contributed by atoms with Crippen LogP contribution in [0.4, 0.5) is 9.59 Å². The molecule has 82 heavy (non-hydrogen) atoms. The number of ether oxygens (including phenoxy) is 6. The molecule has 0 saturated heterocycles. The van der Waals surface area contributed by atoms with Crippen molar-refractivity contribution < 1.29 is 54.8 Å². The quantitative estimate of drug-likeness (QED) is 0.0254. The molecule has 454 valence electrons. The van der Waals surface area contributed by atoms with Crippen LogP contribution in [0.3, 0.4) is 0 Å². The molecule has 4 aromatic rings. The number of sulfonamides is 2. The average Bonchev–Trinajstić information content (AvgIpc) is 4.21. The molecule has 0 heterocycles. The van der Waals surface area contributed by atoms with Gasteiger partial charge in [0.05, 0.1) is 74.7 Å². The molecule has 0 fully saturated rings. The van der Waals surface area contributed by atoms with Crippen LogP contribution in [0.25, 0.3) is 0 Å². The highest BCUT2D eigenvalue weighted by atomic mass is 35.5. The molecule has 0 aliphatic heterocycles. The second kappa shape index (κ2) is 31.8. The van der Waals surface area contributed by atoms with Crippen LogP contribution in [0.1, 0.15) is 69.6 Å². The molecular weight excluding hydrogens is 1180 g/mol. The van der Waals surface area contributed by atoms with Crippen LogP contribution in [0.15, 0.2) is 58.3 Å². The molecule has 0 radical (unpaired) electrons. The standard InChI is InChI=1S/C56H78Cl4N8O12S2/c1-35-25-41(26-36(2)51(35)79-53-45-29-39(57)31-47(59)43(45)33-49(53)67(5)6)81(71,72)65-15-19-77-23-21-75-17-13-63-55(69)61-11-9-10-12-62-56(70)64-14-18-76-22-24-78-20-16-66-82(73,74)42-27-37(3)52(38(4)28-42)80-54-46-30-40(58)32-48(60)44(46)34-50(54)68(7)8/h25-32,49-50,53-54,65-66H,9-24,33-34H2,1-8H3,(H2,61,63,69)(H2,62,64,70)/t49-,50-,53-,54-/m0/s1. The van der Waals surface area contributed by atoms with Gasteiger partial charge in [0.25, 0.3) is 0 Å². The van der Waals surface area contributed by atoms with Crippen molar-refractivity contribution in [1.82, 2.24) is 40.5 Å². The Morgan fingerprint density at radius 1 is 0.476 bits per heavy atom.